The first kappa shape index (κ1) is 10.8. The zero-order valence-corrected chi connectivity index (χ0v) is 9.47. The third-order valence-corrected chi connectivity index (χ3v) is 2.32. The molecule has 0 aliphatic rings. The molecule has 0 bridgehead atoms. The minimum atomic E-state index is -0.445. The predicted molar refractivity (Wildman–Crippen MR) is 64.3 cm³/mol. The fourth-order valence-corrected chi connectivity index (χ4v) is 1.63. The highest BCUT2D eigenvalue weighted by Gasteiger charge is 2.14. The van der Waals surface area contributed by atoms with Crippen molar-refractivity contribution in [3.63, 3.8) is 0 Å². The molecule has 2 rings (SSSR count). The van der Waals surface area contributed by atoms with Gasteiger partial charge in [-0.3, -0.25) is 4.79 Å². The Hall–Kier alpha value is -1.68. The molecular weight excluding hydrogens is 202 g/mol. The second-order valence-corrected chi connectivity index (χ2v) is 4.68. The molecule has 4 nitrogen and oxygen atoms in total. The van der Waals surface area contributed by atoms with Crippen molar-refractivity contribution in [3.05, 3.63) is 40.8 Å². The van der Waals surface area contributed by atoms with E-state index in [2.05, 4.69) is 5.10 Å². The Morgan fingerprint density at radius 2 is 2.06 bits per heavy atom. The SMILES string of the molecule is CC(C)(N)Cn1ncc2ccccc2c1=O. The van der Waals surface area contributed by atoms with E-state index in [0.717, 1.165) is 5.39 Å². The van der Waals surface area contributed by atoms with Gasteiger partial charge < -0.3 is 5.73 Å². The number of benzene rings is 1. The lowest BCUT2D eigenvalue weighted by Crippen LogP contribution is -2.41. The molecule has 2 aromatic rings. The molecular formula is C12H15N3O. The highest BCUT2D eigenvalue weighted by molar-refractivity contribution is 5.80. The molecule has 1 aromatic carbocycles. The third-order valence-electron chi connectivity index (χ3n) is 2.32. The zero-order chi connectivity index (χ0) is 11.8. The molecule has 0 atom stereocenters. The van der Waals surface area contributed by atoms with E-state index >= 15 is 0 Å². The van der Waals surface area contributed by atoms with Crippen LogP contribution >= 0.6 is 0 Å². The summed E-state index contributed by atoms with van der Waals surface area (Å²) in [6.45, 7) is 4.16. The highest BCUT2D eigenvalue weighted by Crippen LogP contribution is 2.07. The van der Waals surface area contributed by atoms with Gasteiger partial charge in [0.2, 0.25) is 0 Å². The van der Waals surface area contributed by atoms with Crippen LogP contribution in [0.4, 0.5) is 0 Å². The Morgan fingerprint density at radius 3 is 2.75 bits per heavy atom. The van der Waals surface area contributed by atoms with Gasteiger partial charge in [-0.2, -0.15) is 5.10 Å². The lowest BCUT2D eigenvalue weighted by molar-refractivity contribution is 0.398. The van der Waals surface area contributed by atoms with E-state index in [9.17, 15) is 4.79 Å². The summed E-state index contributed by atoms with van der Waals surface area (Å²) in [6, 6.07) is 7.42. The minimum absolute atomic E-state index is 0.0865. The lowest BCUT2D eigenvalue weighted by Gasteiger charge is -2.18. The van der Waals surface area contributed by atoms with Crippen molar-refractivity contribution in [1.29, 1.82) is 0 Å². The van der Waals surface area contributed by atoms with Crippen molar-refractivity contribution in [2.75, 3.05) is 0 Å². The van der Waals surface area contributed by atoms with Crippen LogP contribution in [-0.2, 0) is 6.54 Å². The van der Waals surface area contributed by atoms with E-state index in [-0.39, 0.29) is 5.56 Å². The van der Waals surface area contributed by atoms with Gasteiger partial charge in [0.05, 0.1) is 18.1 Å². The quantitative estimate of drug-likeness (QED) is 0.820. The molecule has 4 heteroatoms. The summed E-state index contributed by atoms with van der Waals surface area (Å²) in [7, 11) is 0. The third kappa shape index (κ3) is 2.12. The number of hydrogen-bond acceptors (Lipinski definition) is 3. The van der Waals surface area contributed by atoms with Crippen molar-refractivity contribution in [2.24, 2.45) is 5.73 Å². The number of rotatable bonds is 2. The Morgan fingerprint density at radius 1 is 1.38 bits per heavy atom. The summed E-state index contributed by atoms with van der Waals surface area (Å²) in [5.41, 5.74) is 5.35. The molecule has 0 aliphatic heterocycles. The van der Waals surface area contributed by atoms with Crippen LogP contribution in [0.15, 0.2) is 35.3 Å². The molecule has 1 aromatic heterocycles. The van der Waals surface area contributed by atoms with E-state index in [1.165, 1.54) is 4.68 Å². The predicted octanol–water partition coefficient (Wildman–Crippen LogP) is 1.13. The smallest absolute Gasteiger partial charge is 0.274 e. The van der Waals surface area contributed by atoms with Crippen molar-refractivity contribution in [2.45, 2.75) is 25.9 Å². The molecule has 0 saturated carbocycles. The van der Waals surface area contributed by atoms with Crippen LogP contribution < -0.4 is 11.3 Å². The molecule has 16 heavy (non-hydrogen) atoms. The van der Waals surface area contributed by atoms with Crippen molar-refractivity contribution in [3.8, 4) is 0 Å². The normalized spacial score (nSPS) is 11.9. The van der Waals surface area contributed by atoms with Gasteiger partial charge in [0.15, 0.2) is 0 Å². The molecule has 0 spiro atoms. The maximum atomic E-state index is 12.1. The average molecular weight is 217 g/mol. The monoisotopic (exact) mass is 217 g/mol. The Kier molecular flexibility index (Phi) is 2.52. The zero-order valence-electron chi connectivity index (χ0n) is 9.47. The van der Waals surface area contributed by atoms with Crippen LogP contribution in [0.1, 0.15) is 13.8 Å². The number of hydrogen-bond donors (Lipinski definition) is 1. The first-order valence-electron chi connectivity index (χ1n) is 5.21. The van der Waals surface area contributed by atoms with Crippen molar-refractivity contribution < 1.29 is 0 Å². The van der Waals surface area contributed by atoms with Gasteiger partial charge in [-0.25, -0.2) is 4.68 Å². The second kappa shape index (κ2) is 3.72. The van der Waals surface area contributed by atoms with Crippen LogP contribution in [0.3, 0.4) is 0 Å². The fraction of sp³-hybridized carbons (Fsp3) is 0.333. The van der Waals surface area contributed by atoms with Gasteiger partial charge >= 0.3 is 0 Å². The number of nitrogens with zero attached hydrogens (tertiary/aromatic N) is 2. The maximum Gasteiger partial charge on any atom is 0.274 e. The first-order valence-corrected chi connectivity index (χ1v) is 5.21. The van der Waals surface area contributed by atoms with Gasteiger partial charge in [-0.05, 0) is 19.9 Å². The van der Waals surface area contributed by atoms with Crippen LogP contribution in [0.2, 0.25) is 0 Å². The average Bonchev–Trinajstić information content (AvgIpc) is 2.21. The van der Waals surface area contributed by atoms with Gasteiger partial charge in [0, 0.05) is 10.9 Å². The maximum absolute atomic E-state index is 12.1. The standard InChI is InChI=1S/C12H15N3O/c1-12(2,13)8-15-11(16)10-6-4-3-5-9(10)7-14-15/h3-7H,8,13H2,1-2H3. The van der Waals surface area contributed by atoms with Gasteiger partial charge in [-0.15, -0.1) is 0 Å². The van der Waals surface area contributed by atoms with E-state index < -0.39 is 5.54 Å². The van der Waals surface area contributed by atoms with Crippen molar-refractivity contribution >= 4 is 10.8 Å². The van der Waals surface area contributed by atoms with Crippen LogP contribution in [0, 0.1) is 0 Å². The lowest BCUT2D eigenvalue weighted by atomic mass is 10.1. The summed E-state index contributed by atoms with van der Waals surface area (Å²) in [4.78, 5) is 12.1. The molecule has 0 radical (unpaired) electrons. The van der Waals surface area contributed by atoms with Gasteiger partial charge in [-0.1, -0.05) is 18.2 Å². The van der Waals surface area contributed by atoms with E-state index in [0.29, 0.717) is 11.9 Å². The Labute approximate surface area is 93.7 Å². The summed E-state index contributed by atoms with van der Waals surface area (Å²) in [5.74, 6) is 0. The Bertz CT molecular complexity index is 566. The highest BCUT2D eigenvalue weighted by atomic mass is 16.1. The summed E-state index contributed by atoms with van der Waals surface area (Å²) in [6.07, 6.45) is 1.70. The minimum Gasteiger partial charge on any atom is -0.324 e. The second-order valence-electron chi connectivity index (χ2n) is 4.68. The van der Waals surface area contributed by atoms with Crippen LogP contribution in [-0.4, -0.2) is 15.3 Å². The summed E-state index contributed by atoms with van der Waals surface area (Å²) in [5, 5.41) is 5.66. The molecule has 84 valence electrons. The molecule has 0 fully saturated rings. The van der Waals surface area contributed by atoms with E-state index in [4.69, 9.17) is 5.73 Å². The molecule has 0 amide bonds. The molecule has 0 aliphatic carbocycles. The topological polar surface area (TPSA) is 60.9 Å². The van der Waals surface area contributed by atoms with Crippen molar-refractivity contribution in [1.82, 2.24) is 9.78 Å². The largest absolute Gasteiger partial charge is 0.324 e. The van der Waals surface area contributed by atoms with Gasteiger partial charge in [0.25, 0.3) is 5.56 Å². The molecule has 0 saturated heterocycles. The van der Waals surface area contributed by atoms with Crippen LogP contribution in [0.5, 0.6) is 0 Å². The fourth-order valence-electron chi connectivity index (χ4n) is 1.63. The molecule has 2 N–H and O–H groups in total. The molecule has 0 unspecified atom stereocenters. The Balaban J connectivity index is 2.57. The molecule has 1 heterocycles. The van der Waals surface area contributed by atoms with Crippen LogP contribution in [0.25, 0.3) is 10.8 Å². The van der Waals surface area contributed by atoms with Gasteiger partial charge in [0.1, 0.15) is 0 Å². The van der Waals surface area contributed by atoms with E-state index in [1.807, 2.05) is 32.0 Å². The number of aromatic nitrogens is 2. The number of nitrogens with two attached hydrogens (primary N) is 1. The summed E-state index contributed by atoms with van der Waals surface area (Å²) >= 11 is 0. The number of fused-ring (bicyclic) bond motifs is 1. The first-order chi connectivity index (χ1) is 7.47. The van der Waals surface area contributed by atoms with E-state index in [1.54, 1.807) is 12.3 Å². The summed E-state index contributed by atoms with van der Waals surface area (Å²) < 4.78 is 1.42.